The molecule has 0 bridgehead atoms. The van der Waals surface area contributed by atoms with E-state index < -0.39 is 0 Å². The molecule has 152 valence electrons. The number of anilines is 4. The molecule has 2 N–H and O–H groups in total. The Bertz CT molecular complexity index is 1160. The lowest BCUT2D eigenvalue weighted by Crippen LogP contribution is -2.35. The van der Waals surface area contributed by atoms with Gasteiger partial charge in [-0.2, -0.15) is 0 Å². The van der Waals surface area contributed by atoms with Gasteiger partial charge in [0.1, 0.15) is 11.4 Å². The maximum absolute atomic E-state index is 12.6. The fourth-order valence-corrected chi connectivity index (χ4v) is 3.79. The number of nitrogens with zero attached hydrogens (tertiary/aromatic N) is 2. The van der Waals surface area contributed by atoms with Crippen LogP contribution in [0.15, 0.2) is 41.8 Å². The summed E-state index contributed by atoms with van der Waals surface area (Å²) in [7, 11) is 1.67. The predicted octanol–water partition coefficient (Wildman–Crippen LogP) is 3.22. The van der Waals surface area contributed by atoms with Crippen LogP contribution in [-0.4, -0.2) is 37.2 Å². The number of rotatable bonds is 4. The highest BCUT2D eigenvalue weighted by molar-refractivity contribution is 7.14. The number of ether oxygens (including phenoxy) is 3. The number of carbonyl (C=O) groups excluding carboxylic acids is 2. The van der Waals surface area contributed by atoms with Gasteiger partial charge < -0.3 is 29.7 Å². The van der Waals surface area contributed by atoms with Gasteiger partial charge in [0.05, 0.1) is 5.69 Å². The molecule has 0 saturated carbocycles. The summed E-state index contributed by atoms with van der Waals surface area (Å²) >= 11 is 1.31. The summed E-state index contributed by atoms with van der Waals surface area (Å²) in [4.78, 5) is 30.3. The van der Waals surface area contributed by atoms with Gasteiger partial charge in [-0.1, -0.05) is 0 Å². The minimum absolute atomic E-state index is 0.00712. The zero-order valence-corrected chi connectivity index (χ0v) is 16.6. The quantitative estimate of drug-likeness (QED) is 0.663. The van der Waals surface area contributed by atoms with Crippen molar-refractivity contribution in [3.8, 4) is 17.2 Å². The standard InChI is InChI=1S/C20H16N4O5S/c1-24-14-6-11(2-4-15(14)27-8-18(24)25)21-19(26)13-9-30-20(23-13)22-12-3-5-16-17(7-12)29-10-28-16/h2-7,9H,8,10H2,1H3,(H,21,26)(H,22,23). The summed E-state index contributed by atoms with van der Waals surface area (Å²) in [5.74, 6) is 1.45. The van der Waals surface area contributed by atoms with Crippen molar-refractivity contribution in [3.05, 3.63) is 47.5 Å². The predicted molar refractivity (Wildman–Crippen MR) is 111 cm³/mol. The number of nitrogens with one attached hydrogen (secondary N) is 2. The van der Waals surface area contributed by atoms with Gasteiger partial charge in [-0.25, -0.2) is 4.98 Å². The average molecular weight is 424 g/mol. The first-order chi connectivity index (χ1) is 14.6. The number of benzene rings is 2. The van der Waals surface area contributed by atoms with Crippen LogP contribution in [0.25, 0.3) is 0 Å². The molecule has 2 aliphatic heterocycles. The lowest BCUT2D eigenvalue weighted by Gasteiger charge is -2.26. The molecule has 30 heavy (non-hydrogen) atoms. The molecular formula is C20H16N4O5S. The molecule has 0 saturated heterocycles. The summed E-state index contributed by atoms with van der Waals surface area (Å²) in [6.07, 6.45) is 0. The Kier molecular flexibility index (Phi) is 4.40. The third-order valence-corrected chi connectivity index (χ3v) is 5.42. The van der Waals surface area contributed by atoms with Gasteiger partial charge in [0, 0.05) is 29.9 Å². The molecule has 0 atom stereocenters. The van der Waals surface area contributed by atoms with E-state index in [1.807, 2.05) is 18.2 Å². The maximum Gasteiger partial charge on any atom is 0.275 e. The number of hydrogen-bond acceptors (Lipinski definition) is 8. The smallest absolute Gasteiger partial charge is 0.275 e. The number of aromatic nitrogens is 1. The van der Waals surface area contributed by atoms with Gasteiger partial charge in [0.15, 0.2) is 23.2 Å². The van der Waals surface area contributed by atoms with Crippen LogP contribution in [0.1, 0.15) is 10.5 Å². The number of likely N-dealkylation sites (N-methyl/N-ethyl adjacent to an activating group) is 1. The highest BCUT2D eigenvalue weighted by Gasteiger charge is 2.23. The summed E-state index contributed by atoms with van der Waals surface area (Å²) < 4.78 is 16.1. The van der Waals surface area contributed by atoms with E-state index in [1.165, 1.54) is 16.2 Å². The Balaban J connectivity index is 1.29. The maximum atomic E-state index is 12.6. The zero-order chi connectivity index (χ0) is 20.7. The third-order valence-electron chi connectivity index (χ3n) is 4.66. The van der Waals surface area contributed by atoms with Crippen molar-refractivity contribution in [2.24, 2.45) is 0 Å². The molecule has 3 heterocycles. The Hall–Kier alpha value is -3.79. The van der Waals surface area contributed by atoms with Crippen LogP contribution in [0.2, 0.25) is 0 Å². The molecule has 0 unspecified atom stereocenters. The summed E-state index contributed by atoms with van der Waals surface area (Å²) in [5.41, 5.74) is 2.21. The van der Waals surface area contributed by atoms with Crippen molar-refractivity contribution in [2.45, 2.75) is 0 Å². The fraction of sp³-hybridized carbons (Fsp3) is 0.150. The molecular weight excluding hydrogens is 408 g/mol. The molecule has 5 rings (SSSR count). The van der Waals surface area contributed by atoms with E-state index in [1.54, 1.807) is 30.6 Å². The van der Waals surface area contributed by atoms with Gasteiger partial charge in [-0.3, -0.25) is 9.59 Å². The van der Waals surface area contributed by atoms with Crippen molar-refractivity contribution in [2.75, 3.05) is 36.0 Å². The number of amides is 2. The molecule has 0 radical (unpaired) electrons. The van der Waals surface area contributed by atoms with Crippen molar-refractivity contribution >= 4 is 45.3 Å². The molecule has 1 aromatic heterocycles. The average Bonchev–Trinajstić information content (AvgIpc) is 3.40. The molecule has 9 nitrogen and oxygen atoms in total. The molecule has 0 aliphatic carbocycles. The first kappa shape index (κ1) is 18.3. The van der Waals surface area contributed by atoms with Gasteiger partial charge >= 0.3 is 0 Å². The van der Waals surface area contributed by atoms with E-state index in [9.17, 15) is 9.59 Å². The molecule has 0 spiro atoms. The van der Waals surface area contributed by atoms with Crippen LogP contribution in [-0.2, 0) is 4.79 Å². The first-order valence-electron chi connectivity index (χ1n) is 9.04. The van der Waals surface area contributed by atoms with Crippen LogP contribution in [0.4, 0.5) is 22.2 Å². The monoisotopic (exact) mass is 424 g/mol. The number of carbonyl (C=O) groups is 2. The van der Waals surface area contributed by atoms with Crippen molar-refractivity contribution in [1.82, 2.24) is 4.98 Å². The van der Waals surface area contributed by atoms with Gasteiger partial charge in [-0.05, 0) is 30.3 Å². The summed E-state index contributed by atoms with van der Waals surface area (Å²) in [6.45, 7) is 0.215. The van der Waals surface area contributed by atoms with Crippen molar-refractivity contribution < 1.29 is 23.8 Å². The first-order valence-corrected chi connectivity index (χ1v) is 9.92. The van der Waals surface area contributed by atoms with Crippen molar-refractivity contribution in [3.63, 3.8) is 0 Å². The molecule has 10 heteroatoms. The molecule has 2 amide bonds. The fourth-order valence-electron chi connectivity index (χ4n) is 3.08. The van der Waals surface area contributed by atoms with E-state index >= 15 is 0 Å². The zero-order valence-electron chi connectivity index (χ0n) is 15.8. The van der Waals surface area contributed by atoms with Crippen LogP contribution in [0, 0.1) is 0 Å². The second kappa shape index (κ2) is 7.23. The Labute approximate surface area is 175 Å². The highest BCUT2D eigenvalue weighted by atomic mass is 32.1. The van der Waals surface area contributed by atoms with Crippen LogP contribution >= 0.6 is 11.3 Å². The lowest BCUT2D eigenvalue weighted by molar-refractivity contribution is -0.120. The minimum Gasteiger partial charge on any atom is -0.482 e. The van der Waals surface area contributed by atoms with Crippen LogP contribution in [0.3, 0.4) is 0 Å². The highest BCUT2D eigenvalue weighted by Crippen LogP contribution is 2.36. The SMILES string of the molecule is CN1C(=O)COc2ccc(NC(=O)c3csc(Nc4ccc5c(c4)OCO5)n3)cc21. The van der Waals surface area contributed by atoms with Crippen molar-refractivity contribution in [1.29, 1.82) is 0 Å². The topological polar surface area (TPSA) is 102 Å². The Morgan fingerprint density at radius 1 is 1.07 bits per heavy atom. The molecule has 2 aromatic carbocycles. The molecule has 3 aromatic rings. The van der Waals surface area contributed by atoms with E-state index in [-0.39, 0.29) is 30.9 Å². The molecule has 2 aliphatic rings. The van der Waals surface area contributed by atoms with Crippen LogP contribution in [0.5, 0.6) is 17.2 Å². The Morgan fingerprint density at radius 3 is 2.77 bits per heavy atom. The Morgan fingerprint density at radius 2 is 1.87 bits per heavy atom. The second-order valence-electron chi connectivity index (χ2n) is 6.61. The van der Waals surface area contributed by atoms with Gasteiger partial charge in [0.25, 0.3) is 11.8 Å². The lowest BCUT2D eigenvalue weighted by atomic mass is 10.2. The summed E-state index contributed by atoms with van der Waals surface area (Å²) in [5, 5.41) is 8.20. The van der Waals surface area contributed by atoms with E-state index in [0.717, 1.165) is 5.69 Å². The minimum atomic E-state index is -0.351. The largest absolute Gasteiger partial charge is 0.482 e. The van der Waals surface area contributed by atoms with E-state index in [0.29, 0.717) is 33.8 Å². The number of fused-ring (bicyclic) bond motifs is 2. The normalized spacial score (nSPS) is 14.2. The number of thiazole rings is 1. The van der Waals surface area contributed by atoms with Gasteiger partial charge in [0.2, 0.25) is 6.79 Å². The summed E-state index contributed by atoms with van der Waals surface area (Å²) in [6, 6.07) is 10.6. The molecule has 0 fully saturated rings. The second-order valence-corrected chi connectivity index (χ2v) is 7.47. The van der Waals surface area contributed by atoms with E-state index in [2.05, 4.69) is 15.6 Å². The van der Waals surface area contributed by atoms with Gasteiger partial charge in [-0.15, -0.1) is 11.3 Å². The number of hydrogen-bond donors (Lipinski definition) is 2. The third kappa shape index (κ3) is 3.37. The van der Waals surface area contributed by atoms with E-state index in [4.69, 9.17) is 14.2 Å². The van der Waals surface area contributed by atoms with Crippen LogP contribution < -0.4 is 29.7 Å².